The number of likely N-dealkylation sites (tertiary alicyclic amines) is 1. The van der Waals surface area contributed by atoms with Crippen molar-refractivity contribution in [2.24, 2.45) is 5.41 Å². The van der Waals surface area contributed by atoms with Gasteiger partial charge >= 0.3 is 0 Å². The fraction of sp³-hybridized carbons (Fsp3) is 0.400. The van der Waals surface area contributed by atoms with Crippen LogP contribution in [0.4, 0.5) is 8.78 Å². The number of carbonyl (C=O) groups is 1. The predicted molar refractivity (Wildman–Crippen MR) is 95.5 cm³/mol. The second-order valence-electron chi connectivity index (χ2n) is 7.42. The van der Waals surface area contributed by atoms with Crippen molar-refractivity contribution in [1.82, 2.24) is 19.9 Å². The van der Waals surface area contributed by atoms with Crippen molar-refractivity contribution in [2.75, 3.05) is 6.54 Å². The van der Waals surface area contributed by atoms with Crippen molar-refractivity contribution in [1.29, 1.82) is 0 Å². The smallest absolute Gasteiger partial charge is 0.252 e. The van der Waals surface area contributed by atoms with Gasteiger partial charge in [0.1, 0.15) is 23.0 Å². The van der Waals surface area contributed by atoms with Crippen LogP contribution in [0.5, 0.6) is 5.75 Å². The second kappa shape index (κ2) is 6.82. The molecule has 4 rings (SSSR count). The fourth-order valence-corrected chi connectivity index (χ4v) is 3.45. The summed E-state index contributed by atoms with van der Waals surface area (Å²) in [4.78, 5) is 26.6. The summed E-state index contributed by atoms with van der Waals surface area (Å²) in [5, 5.41) is 0. The molecule has 144 valence electrons. The van der Waals surface area contributed by atoms with Gasteiger partial charge in [-0.3, -0.25) is 14.8 Å². The summed E-state index contributed by atoms with van der Waals surface area (Å²) in [5.74, 6) is 5.87. The van der Waals surface area contributed by atoms with Crippen LogP contribution in [0.3, 0.4) is 0 Å². The molecule has 2 aromatic rings. The van der Waals surface area contributed by atoms with Crippen molar-refractivity contribution in [2.45, 2.75) is 38.8 Å². The number of nitrogens with zero attached hydrogens (tertiary/aromatic N) is 4. The molecule has 2 bridgehead atoms. The van der Waals surface area contributed by atoms with Gasteiger partial charge < -0.3 is 9.64 Å². The van der Waals surface area contributed by atoms with E-state index in [0.717, 1.165) is 0 Å². The van der Waals surface area contributed by atoms with E-state index in [4.69, 9.17) is 4.74 Å². The predicted octanol–water partition coefficient (Wildman–Crippen LogP) is 2.60. The number of halogens is 2. The summed E-state index contributed by atoms with van der Waals surface area (Å²) in [7, 11) is 0. The van der Waals surface area contributed by atoms with E-state index in [9.17, 15) is 13.6 Å². The first-order valence-electron chi connectivity index (χ1n) is 8.89. The summed E-state index contributed by atoms with van der Waals surface area (Å²) in [6.07, 6.45) is 5.41. The van der Waals surface area contributed by atoms with Crippen LogP contribution in [0.1, 0.15) is 43.1 Å². The minimum Gasteiger partial charge on any atom is -0.487 e. The Hall–Kier alpha value is -3.08. The van der Waals surface area contributed by atoms with Gasteiger partial charge in [-0.25, -0.2) is 13.8 Å². The molecule has 0 saturated carbocycles. The van der Waals surface area contributed by atoms with E-state index >= 15 is 0 Å². The lowest BCUT2D eigenvalue weighted by atomic mass is 9.91. The van der Waals surface area contributed by atoms with Crippen molar-refractivity contribution in [3.8, 4) is 17.6 Å². The first-order valence-corrected chi connectivity index (χ1v) is 8.89. The van der Waals surface area contributed by atoms with Gasteiger partial charge in [0.15, 0.2) is 0 Å². The van der Waals surface area contributed by atoms with Gasteiger partial charge in [-0.2, -0.15) is 0 Å². The Morgan fingerprint density at radius 3 is 2.79 bits per heavy atom. The highest BCUT2D eigenvalue weighted by molar-refractivity contribution is 5.83. The van der Waals surface area contributed by atoms with Gasteiger partial charge in [0, 0.05) is 36.8 Å². The standard InChI is InChI=1S/C20H18F2N4O2/c1-20(2,18(21)22)19(27)26-11-14-7-16(26)15-10-24-8-12(17(15)28-14)3-4-13-9-23-5-6-25-13/h5-6,8-10,14,16,18H,7,11H2,1-2H3/t14-,16-/m0/s1. The molecule has 1 saturated heterocycles. The van der Waals surface area contributed by atoms with Crippen LogP contribution in [-0.2, 0) is 4.79 Å². The van der Waals surface area contributed by atoms with Gasteiger partial charge in [0.05, 0.1) is 24.3 Å². The summed E-state index contributed by atoms with van der Waals surface area (Å²) >= 11 is 0. The van der Waals surface area contributed by atoms with E-state index < -0.39 is 17.7 Å². The Kier molecular flexibility index (Phi) is 4.46. The molecule has 0 radical (unpaired) electrons. The molecule has 1 amide bonds. The minimum absolute atomic E-state index is 0.255. The number of ether oxygens (including phenoxy) is 1. The minimum atomic E-state index is -2.75. The maximum absolute atomic E-state index is 13.4. The molecule has 2 aliphatic rings. The van der Waals surface area contributed by atoms with Crippen molar-refractivity contribution >= 4 is 5.91 Å². The Balaban J connectivity index is 1.68. The van der Waals surface area contributed by atoms with Crippen molar-refractivity contribution < 1.29 is 18.3 Å². The zero-order valence-corrected chi connectivity index (χ0v) is 15.4. The Bertz CT molecular complexity index is 969. The van der Waals surface area contributed by atoms with Crippen LogP contribution >= 0.6 is 0 Å². The monoisotopic (exact) mass is 384 g/mol. The first-order chi connectivity index (χ1) is 13.4. The highest BCUT2D eigenvalue weighted by Gasteiger charge is 2.49. The van der Waals surface area contributed by atoms with Gasteiger partial charge in [-0.1, -0.05) is 5.92 Å². The molecule has 2 aliphatic heterocycles. The maximum Gasteiger partial charge on any atom is 0.252 e. The Labute approximate surface area is 161 Å². The quantitative estimate of drug-likeness (QED) is 0.745. The van der Waals surface area contributed by atoms with E-state index in [2.05, 4.69) is 26.8 Å². The zero-order chi connectivity index (χ0) is 19.9. The lowest BCUT2D eigenvalue weighted by Crippen LogP contribution is -2.44. The first kappa shape index (κ1) is 18.3. The van der Waals surface area contributed by atoms with Gasteiger partial charge in [0.25, 0.3) is 6.43 Å². The topological polar surface area (TPSA) is 68.2 Å². The average molecular weight is 384 g/mol. The van der Waals surface area contributed by atoms with Crippen LogP contribution in [0.2, 0.25) is 0 Å². The number of hydrogen-bond acceptors (Lipinski definition) is 5. The highest BCUT2D eigenvalue weighted by atomic mass is 19.3. The zero-order valence-electron chi connectivity index (χ0n) is 15.4. The summed E-state index contributed by atoms with van der Waals surface area (Å²) < 4.78 is 32.8. The summed E-state index contributed by atoms with van der Waals surface area (Å²) in [5.41, 5.74) is 0.0156. The van der Waals surface area contributed by atoms with Gasteiger partial charge in [-0.15, -0.1) is 0 Å². The number of fused-ring (bicyclic) bond motifs is 4. The van der Waals surface area contributed by atoms with E-state index in [1.54, 1.807) is 31.0 Å². The molecular weight excluding hydrogens is 366 g/mol. The summed E-state index contributed by atoms with van der Waals surface area (Å²) in [6.45, 7) is 2.81. The fourth-order valence-electron chi connectivity index (χ4n) is 3.45. The molecular formula is C20H18F2N4O2. The molecule has 0 aromatic carbocycles. The van der Waals surface area contributed by atoms with Crippen LogP contribution < -0.4 is 4.74 Å². The number of rotatable bonds is 2. The van der Waals surface area contributed by atoms with Gasteiger partial charge in [-0.05, 0) is 19.8 Å². The normalized spacial score (nSPS) is 20.2. The SMILES string of the molecule is CC(C)(C(=O)N1C[C@@H]2C[C@H]1c1cncc(C#Cc3cnccn3)c1O2)C(F)F. The molecule has 0 unspecified atom stereocenters. The van der Waals surface area contributed by atoms with Crippen LogP contribution in [0.25, 0.3) is 0 Å². The third-order valence-electron chi connectivity index (χ3n) is 5.08. The lowest BCUT2D eigenvalue weighted by molar-refractivity contribution is -0.149. The highest BCUT2D eigenvalue weighted by Crippen LogP contribution is 2.46. The van der Waals surface area contributed by atoms with Gasteiger partial charge in [0.2, 0.25) is 5.91 Å². The molecule has 4 heterocycles. The van der Waals surface area contributed by atoms with E-state index in [-0.39, 0.29) is 18.7 Å². The molecule has 2 aromatic heterocycles. The largest absolute Gasteiger partial charge is 0.487 e. The number of amides is 1. The van der Waals surface area contributed by atoms with Crippen LogP contribution in [0.15, 0.2) is 31.0 Å². The molecule has 6 nitrogen and oxygen atoms in total. The molecule has 0 spiro atoms. The molecule has 8 heteroatoms. The van der Waals surface area contributed by atoms with Crippen LogP contribution in [-0.4, -0.2) is 44.8 Å². The number of carbonyl (C=O) groups excluding carboxylic acids is 1. The summed E-state index contributed by atoms with van der Waals surface area (Å²) in [6, 6.07) is -0.343. The Morgan fingerprint density at radius 2 is 2.07 bits per heavy atom. The molecule has 0 N–H and O–H groups in total. The number of aromatic nitrogens is 3. The van der Waals surface area contributed by atoms with Crippen molar-refractivity contribution in [3.63, 3.8) is 0 Å². The lowest BCUT2D eigenvalue weighted by Gasteiger charge is -2.32. The van der Waals surface area contributed by atoms with E-state index in [1.165, 1.54) is 18.7 Å². The molecule has 1 fully saturated rings. The van der Waals surface area contributed by atoms with E-state index in [1.807, 2.05) is 0 Å². The maximum atomic E-state index is 13.4. The van der Waals surface area contributed by atoms with Crippen molar-refractivity contribution in [3.05, 3.63) is 47.8 Å². The average Bonchev–Trinajstić information content (AvgIpc) is 3.04. The Morgan fingerprint density at radius 1 is 1.25 bits per heavy atom. The molecule has 0 aliphatic carbocycles. The second-order valence-corrected chi connectivity index (χ2v) is 7.42. The third kappa shape index (κ3) is 3.07. The molecule has 2 atom stereocenters. The van der Waals surface area contributed by atoms with Crippen LogP contribution in [0, 0.1) is 17.3 Å². The molecule has 28 heavy (non-hydrogen) atoms. The number of hydrogen-bond donors (Lipinski definition) is 0. The number of alkyl halides is 2. The third-order valence-corrected chi connectivity index (χ3v) is 5.08. The number of pyridine rings is 1. The van der Waals surface area contributed by atoms with E-state index in [0.29, 0.717) is 29.0 Å².